The number of benzene rings is 1. The van der Waals surface area contributed by atoms with Crippen LogP contribution in [0.2, 0.25) is 0 Å². The van der Waals surface area contributed by atoms with Crippen molar-refractivity contribution in [1.82, 2.24) is 15.0 Å². The van der Waals surface area contributed by atoms with Gasteiger partial charge in [-0.05, 0) is 59.3 Å². The molecule has 0 atom stereocenters. The van der Waals surface area contributed by atoms with E-state index >= 15 is 0 Å². The van der Waals surface area contributed by atoms with Crippen LogP contribution in [-0.4, -0.2) is 25.7 Å². The van der Waals surface area contributed by atoms with Crippen LogP contribution < -0.4 is 10.6 Å². The molecule has 0 amide bonds. The van der Waals surface area contributed by atoms with Crippen LogP contribution in [0.25, 0.3) is 0 Å². The first-order valence-corrected chi connectivity index (χ1v) is 8.49. The van der Waals surface area contributed by atoms with E-state index in [2.05, 4.69) is 41.5 Å². The fourth-order valence-corrected chi connectivity index (χ4v) is 2.47. The Labute approximate surface area is 162 Å². The average molecular weight is 429 g/mol. The lowest BCUT2D eigenvalue weighted by atomic mass is 10.1. The Kier molecular flexibility index (Phi) is 5.36. The molecule has 10 heteroatoms. The molecule has 3 aromatic rings. The Balaban J connectivity index is 1.92. The number of Topliss-reactive ketones (excluding diaryl/α,β-unsaturated/α-hetero) is 1. The van der Waals surface area contributed by atoms with Crippen molar-refractivity contribution in [2.24, 2.45) is 0 Å². The fraction of sp³-hybridized carbons (Fsp3) is 0.0588. The molecular weight excluding hydrogens is 416 g/mol. The smallest absolute Gasteiger partial charge is 0.334 e. The van der Waals surface area contributed by atoms with Crippen molar-refractivity contribution < 1.29 is 9.72 Å². The molecule has 27 heavy (non-hydrogen) atoms. The molecule has 0 aliphatic carbocycles. The molecule has 0 saturated carbocycles. The summed E-state index contributed by atoms with van der Waals surface area (Å²) in [6, 6.07) is 9.95. The second-order valence-electron chi connectivity index (χ2n) is 5.42. The van der Waals surface area contributed by atoms with E-state index in [0.29, 0.717) is 17.1 Å². The van der Waals surface area contributed by atoms with Crippen molar-refractivity contribution in [2.45, 2.75) is 6.92 Å². The highest BCUT2D eigenvalue weighted by molar-refractivity contribution is 9.10. The van der Waals surface area contributed by atoms with E-state index in [0.717, 1.165) is 4.47 Å². The highest BCUT2D eigenvalue weighted by Crippen LogP contribution is 2.32. The lowest BCUT2D eigenvalue weighted by Crippen LogP contribution is -2.06. The second kappa shape index (κ2) is 7.87. The first kappa shape index (κ1) is 18.4. The molecule has 136 valence electrons. The van der Waals surface area contributed by atoms with Gasteiger partial charge in [-0.3, -0.25) is 14.9 Å². The van der Waals surface area contributed by atoms with Gasteiger partial charge in [0, 0.05) is 21.9 Å². The van der Waals surface area contributed by atoms with Crippen molar-refractivity contribution in [3.63, 3.8) is 0 Å². The first-order valence-electron chi connectivity index (χ1n) is 7.70. The first-order chi connectivity index (χ1) is 12.9. The molecule has 9 nitrogen and oxygen atoms in total. The van der Waals surface area contributed by atoms with Crippen LogP contribution >= 0.6 is 15.9 Å². The number of ketones is 1. The Morgan fingerprint density at radius 2 is 1.70 bits per heavy atom. The van der Waals surface area contributed by atoms with Crippen LogP contribution in [0.4, 0.5) is 28.8 Å². The maximum atomic E-state index is 11.6. The van der Waals surface area contributed by atoms with Gasteiger partial charge in [0.05, 0.1) is 4.92 Å². The molecule has 0 spiro atoms. The molecular formula is C17H13BrN6O3. The van der Waals surface area contributed by atoms with Gasteiger partial charge in [0.15, 0.2) is 5.78 Å². The predicted octanol–water partition coefficient (Wildman–Crippen LogP) is 4.23. The molecule has 0 radical (unpaired) electrons. The largest absolute Gasteiger partial charge is 0.353 e. The third kappa shape index (κ3) is 4.42. The van der Waals surface area contributed by atoms with Gasteiger partial charge >= 0.3 is 5.69 Å². The number of pyridine rings is 1. The molecule has 1 aromatic carbocycles. The van der Waals surface area contributed by atoms with E-state index in [4.69, 9.17) is 0 Å². The fourth-order valence-electron chi connectivity index (χ4n) is 2.23. The molecule has 0 fully saturated rings. The Morgan fingerprint density at radius 1 is 1.04 bits per heavy atom. The van der Waals surface area contributed by atoms with E-state index in [1.807, 2.05) is 0 Å². The SMILES string of the molecule is CC(=O)c1ccc(Nc2ncnc(Nc3ccc(Br)cn3)c2[N+](=O)[O-])cc1. The second-order valence-corrected chi connectivity index (χ2v) is 6.34. The molecule has 2 heterocycles. The molecule has 0 unspecified atom stereocenters. The van der Waals surface area contributed by atoms with Crippen LogP contribution in [0, 0.1) is 10.1 Å². The van der Waals surface area contributed by atoms with Crippen LogP contribution in [0.3, 0.4) is 0 Å². The van der Waals surface area contributed by atoms with Gasteiger partial charge < -0.3 is 10.6 Å². The minimum atomic E-state index is -0.576. The van der Waals surface area contributed by atoms with Gasteiger partial charge in [-0.2, -0.15) is 0 Å². The molecule has 0 bridgehead atoms. The predicted molar refractivity (Wildman–Crippen MR) is 104 cm³/mol. The summed E-state index contributed by atoms with van der Waals surface area (Å²) in [6.07, 6.45) is 2.77. The van der Waals surface area contributed by atoms with Crippen LogP contribution in [0.15, 0.2) is 53.4 Å². The summed E-state index contributed by atoms with van der Waals surface area (Å²) in [5.41, 5.74) is 0.772. The number of carbonyl (C=O) groups excluding carboxylic acids is 1. The van der Waals surface area contributed by atoms with Gasteiger partial charge in [-0.15, -0.1) is 0 Å². The zero-order valence-electron chi connectivity index (χ0n) is 14.0. The van der Waals surface area contributed by atoms with Gasteiger partial charge in [0.2, 0.25) is 11.6 Å². The van der Waals surface area contributed by atoms with Crippen LogP contribution in [0.1, 0.15) is 17.3 Å². The van der Waals surface area contributed by atoms with Gasteiger partial charge in [-0.25, -0.2) is 15.0 Å². The molecule has 3 rings (SSSR count). The number of carbonyl (C=O) groups is 1. The summed E-state index contributed by atoms with van der Waals surface area (Å²) in [4.78, 5) is 34.4. The Hall–Kier alpha value is -3.40. The number of anilines is 4. The molecule has 0 saturated heterocycles. The summed E-state index contributed by atoms with van der Waals surface area (Å²) in [5.74, 6) is 0.359. The molecule has 2 aromatic heterocycles. The van der Waals surface area contributed by atoms with E-state index in [1.165, 1.54) is 13.3 Å². The maximum absolute atomic E-state index is 11.6. The topological polar surface area (TPSA) is 123 Å². The number of nitrogens with one attached hydrogen (secondary N) is 2. The Bertz CT molecular complexity index is 993. The third-order valence-corrected chi connectivity index (χ3v) is 4.00. The minimum Gasteiger partial charge on any atom is -0.334 e. The zero-order chi connectivity index (χ0) is 19.4. The molecule has 0 aliphatic rings. The van der Waals surface area contributed by atoms with Gasteiger partial charge in [0.25, 0.3) is 0 Å². The van der Waals surface area contributed by atoms with Crippen LogP contribution in [0.5, 0.6) is 0 Å². The normalized spacial score (nSPS) is 10.3. The van der Waals surface area contributed by atoms with Crippen LogP contribution in [-0.2, 0) is 0 Å². The third-order valence-electron chi connectivity index (χ3n) is 3.53. The summed E-state index contributed by atoms with van der Waals surface area (Å²) < 4.78 is 0.779. The van der Waals surface area contributed by atoms with Crippen molar-refractivity contribution >= 4 is 50.5 Å². The summed E-state index contributed by atoms with van der Waals surface area (Å²) in [7, 11) is 0. The maximum Gasteiger partial charge on any atom is 0.353 e. The van der Waals surface area contributed by atoms with Crippen molar-refractivity contribution in [3.05, 3.63) is 69.1 Å². The summed E-state index contributed by atoms with van der Waals surface area (Å²) in [5, 5.41) is 17.3. The lowest BCUT2D eigenvalue weighted by molar-refractivity contribution is -0.383. The Morgan fingerprint density at radius 3 is 2.26 bits per heavy atom. The van der Waals surface area contributed by atoms with E-state index in [-0.39, 0.29) is 23.1 Å². The monoisotopic (exact) mass is 428 g/mol. The molecule has 0 aliphatic heterocycles. The number of hydrogen-bond donors (Lipinski definition) is 2. The highest BCUT2D eigenvalue weighted by Gasteiger charge is 2.23. The lowest BCUT2D eigenvalue weighted by Gasteiger charge is -2.10. The number of nitrogens with zero attached hydrogens (tertiary/aromatic N) is 4. The molecule has 2 N–H and O–H groups in total. The number of aromatic nitrogens is 3. The number of rotatable bonds is 6. The quantitative estimate of drug-likeness (QED) is 0.339. The highest BCUT2D eigenvalue weighted by atomic mass is 79.9. The summed E-state index contributed by atoms with van der Waals surface area (Å²) >= 11 is 3.28. The number of halogens is 1. The summed E-state index contributed by atoms with van der Waals surface area (Å²) in [6.45, 7) is 1.46. The van der Waals surface area contributed by atoms with Gasteiger partial charge in [0.1, 0.15) is 12.1 Å². The van der Waals surface area contributed by atoms with Crippen molar-refractivity contribution in [1.29, 1.82) is 0 Å². The van der Waals surface area contributed by atoms with Crippen molar-refractivity contribution in [3.8, 4) is 0 Å². The number of nitro groups is 1. The number of hydrogen-bond acceptors (Lipinski definition) is 8. The van der Waals surface area contributed by atoms with E-state index in [1.54, 1.807) is 42.6 Å². The van der Waals surface area contributed by atoms with E-state index in [9.17, 15) is 14.9 Å². The minimum absolute atomic E-state index is 0.00711. The zero-order valence-corrected chi connectivity index (χ0v) is 15.6. The average Bonchev–Trinajstić information content (AvgIpc) is 2.64. The van der Waals surface area contributed by atoms with Gasteiger partial charge in [-0.1, -0.05) is 0 Å². The standard InChI is InChI=1S/C17H13BrN6O3/c1-10(25)11-2-5-13(6-3-11)22-16-15(24(26)27)17(21-9-20-16)23-14-7-4-12(18)8-19-14/h2-9H,1H3,(H2,19,20,21,22,23). The van der Waals surface area contributed by atoms with Crippen molar-refractivity contribution in [2.75, 3.05) is 10.6 Å². The van der Waals surface area contributed by atoms with E-state index < -0.39 is 4.92 Å².